The molecule has 0 aliphatic carbocycles. The number of hydrogen-bond acceptors (Lipinski definition) is 4. The van der Waals surface area contributed by atoms with Gasteiger partial charge >= 0.3 is 0 Å². The minimum Gasteiger partial charge on any atom is -0.373 e. The predicted molar refractivity (Wildman–Crippen MR) is 93.1 cm³/mol. The first-order valence-corrected chi connectivity index (χ1v) is 8.59. The van der Waals surface area contributed by atoms with Gasteiger partial charge in [-0.2, -0.15) is 0 Å². The molecule has 2 fully saturated rings. The Morgan fingerprint density at radius 2 is 2.04 bits per heavy atom. The molecule has 0 unspecified atom stereocenters. The lowest BCUT2D eigenvalue weighted by atomic mass is 10.2. The summed E-state index contributed by atoms with van der Waals surface area (Å²) in [6.45, 7) is 6.68. The van der Waals surface area contributed by atoms with Crippen LogP contribution in [-0.4, -0.2) is 55.1 Å². The number of nitrogens with zero attached hydrogens (tertiary/aromatic N) is 2. The summed E-state index contributed by atoms with van der Waals surface area (Å²) in [5, 5.41) is 2.94. The molecule has 0 bridgehead atoms. The van der Waals surface area contributed by atoms with Crippen LogP contribution in [0.2, 0.25) is 0 Å². The maximum Gasteiger partial charge on any atom is 0.238 e. The van der Waals surface area contributed by atoms with Crippen molar-refractivity contribution in [3.63, 3.8) is 0 Å². The number of amides is 2. The van der Waals surface area contributed by atoms with Crippen molar-refractivity contribution in [1.29, 1.82) is 0 Å². The molecule has 1 aromatic rings. The maximum atomic E-state index is 12.3. The zero-order valence-electron chi connectivity index (χ0n) is 14.3. The molecule has 1 N–H and O–H groups in total. The second-order valence-corrected chi connectivity index (χ2v) is 6.70. The maximum absolute atomic E-state index is 12.3. The summed E-state index contributed by atoms with van der Waals surface area (Å²) in [5.41, 5.74) is 1.58. The zero-order chi connectivity index (χ0) is 17.1. The fourth-order valence-electron chi connectivity index (χ4n) is 3.49. The van der Waals surface area contributed by atoms with Crippen molar-refractivity contribution in [3.8, 4) is 0 Å². The first kappa shape index (κ1) is 16.9. The van der Waals surface area contributed by atoms with Gasteiger partial charge in [0.15, 0.2) is 0 Å². The van der Waals surface area contributed by atoms with E-state index in [1.165, 1.54) is 0 Å². The molecule has 0 aromatic heterocycles. The van der Waals surface area contributed by atoms with E-state index in [9.17, 15) is 9.59 Å². The number of morpholine rings is 1. The van der Waals surface area contributed by atoms with Crippen molar-refractivity contribution in [3.05, 3.63) is 24.3 Å². The van der Waals surface area contributed by atoms with Gasteiger partial charge in [-0.25, -0.2) is 0 Å². The Morgan fingerprint density at radius 1 is 1.29 bits per heavy atom. The van der Waals surface area contributed by atoms with Gasteiger partial charge in [-0.15, -0.1) is 0 Å². The SMILES string of the molecule is C[C@H]1CN(CC(=O)Nc2cccc(N3CCCC3=O)c2)C[C@H](C)O1. The highest BCUT2D eigenvalue weighted by atomic mass is 16.5. The second-order valence-electron chi connectivity index (χ2n) is 6.70. The Morgan fingerprint density at radius 3 is 2.71 bits per heavy atom. The minimum absolute atomic E-state index is 0.0406. The number of nitrogens with one attached hydrogen (secondary N) is 1. The fraction of sp³-hybridized carbons (Fsp3) is 0.556. The Balaban J connectivity index is 1.59. The summed E-state index contributed by atoms with van der Waals surface area (Å²) in [6, 6.07) is 7.50. The number of carbonyl (C=O) groups is 2. The van der Waals surface area contributed by atoms with Crippen molar-refractivity contribution in [1.82, 2.24) is 4.90 Å². The van der Waals surface area contributed by atoms with Gasteiger partial charge in [0, 0.05) is 37.4 Å². The molecule has 2 saturated heterocycles. The van der Waals surface area contributed by atoms with Crippen LogP contribution in [0.5, 0.6) is 0 Å². The molecular formula is C18H25N3O3. The third-order valence-electron chi connectivity index (χ3n) is 4.38. The quantitative estimate of drug-likeness (QED) is 0.915. The van der Waals surface area contributed by atoms with Crippen LogP contribution in [0.25, 0.3) is 0 Å². The smallest absolute Gasteiger partial charge is 0.238 e. The highest BCUT2D eigenvalue weighted by Gasteiger charge is 2.24. The van der Waals surface area contributed by atoms with E-state index < -0.39 is 0 Å². The van der Waals surface area contributed by atoms with E-state index in [-0.39, 0.29) is 24.0 Å². The van der Waals surface area contributed by atoms with Crippen molar-refractivity contribution < 1.29 is 14.3 Å². The van der Waals surface area contributed by atoms with Gasteiger partial charge < -0.3 is 15.0 Å². The Hall–Kier alpha value is -1.92. The van der Waals surface area contributed by atoms with Gasteiger partial charge in [-0.05, 0) is 38.5 Å². The molecule has 6 nitrogen and oxygen atoms in total. The van der Waals surface area contributed by atoms with Gasteiger partial charge in [0.05, 0.1) is 18.8 Å². The van der Waals surface area contributed by atoms with E-state index in [1.807, 2.05) is 38.1 Å². The number of hydrogen-bond donors (Lipinski definition) is 1. The molecule has 3 rings (SSSR count). The van der Waals surface area contributed by atoms with Crippen LogP contribution in [0.15, 0.2) is 24.3 Å². The van der Waals surface area contributed by atoms with Crippen LogP contribution in [0, 0.1) is 0 Å². The first-order chi connectivity index (χ1) is 11.5. The number of carbonyl (C=O) groups excluding carboxylic acids is 2. The number of benzene rings is 1. The lowest BCUT2D eigenvalue weighted by Gasteiger charge is -2.34. The third kappa shape index (κ3) is 4.13. The van der Waals surface area contributed by atoms with Gasteiger partial charge in [0.25, 0.3) is 0 Å². The molecule has 130 valence electrons. The zero-order valence-corrected chi connectivity index (χ0v) is 14.3. The number of anilines is 2. The summed E-state index contributed by atoms with van der Waals surface area (Å²) in [5.74, 6) is 0.107. The van der Waals surface area contributed by atoms with Crippen LogP contribution in [-0.2, 0) is 14.3 Å². The van der Waals surface area contributed by atoms with Crippen LogP contribution < -0.4 is 10.2 Å². The molecule has 24 heavy (non-hydrogen) atoms. The molecule has 6 heteroatoms. The predicted octanol–water partition coefficient (Wildman–Crippen LogP) is 1.86. The largest absolute Gasteiger partial charge is 0.373 e. The Kier molecular flexibility index (Phi) is 5.16. The molecule has 2 aliphatic heterocycles. The number of ether oxygens (including phenoxy) is 1. The summed E-state index contributed by atoms with van der Waals surface area (Å²) in [4.78, 5) is 28.1. The summed E-state index contributed by atoms with van der Waals surface area (Å²) < 4.78 is 5.69. The van der Waals surface area contributed by atoms with Gasteiger partial charge in [0.2, 0.25) is 11.8 Å². The van der Waals surface area contributed by atoms with E-state index in [1.54, 1.807) is 4.90 Å². The molecule has 2 amide bonds. The van der Waals surface area contributed by atoms with E-state index >= 15 is 0 Å². The average molecular weight is 331 g/mol. The van der Waals surface area contributed by atoms with Crippen LogP contribution in [0.3, 0.4) is 0 Å². The van der Waals surface area contributed by atoms with Gasteiger partial charge in [-0.3, -0.25) is 14.5 Å². The number of rotatable bonds is 4. The van der Waals surface area contributed by atoms with E-state index in [0.29, 0.717) is 13.0 Å². The molecule has 0 saturated carbocycles. The molecule has 2 aliphatic rings. The molecular weight excluding hydrogens is 306 g/mol. The van der Waals surface area contributed by atoms with Gasteiger partial charge in [0.1, 0.15) is 0 Å². The summed E-state index contributed by atoms with van der Waals surface area (Å²) >= 11 is 0. The molecule has 0 radical (unpaired) electrons. The van der Waals surface area contributed by atoms with E-state index in [0.717, 1.165) is 37.4 Å². The van der Waals surface area contributed by atoms with E-state index in [2.05, 4.69) is 10.2 Å². The van der Waals surface area contributed by atoms with Crippen molar-refractivity contribution in [2.45, 2.75) is 38.9 Å². The first-order valence-electron chi connectivity index (χ1n) is 8.59. The Labute approximate surface area is 142 Å². The third-order valence-corrected chi connectivity index (χ3v) is 4.38. The van der Waals surface area contributed by atoms with Crippen LogP contribution in [0.1, 0.15) is 26.7 Å². The lowest BCUT2D eigenvalue weighted by molar-refractivity contribution is -0.121. The average Bonchev–Trinajstić information content (AvgIpc) is 2.92. The summed E-state index contributed by atoms with van der Waals surface area (Å²) in [6.07, 6.45) is 1.78. The van der Waals surface area contributed by atoms with Crippen LogP contribution >= 0.6 is 0 Å². The second kappa shape index (κ2) is 7.32. The molecule has 0 spiro atoms. The topological polar surface area (TPSA) is 61.9 Å². The van der Waals surface area contributed by atoms with Crippen LogP contribution in [0.4, 0.5) is 11.4 Å². The normalized spacial score (nSPS) is 25.1. The Bertz CT molecular complexity index is 609. The molecule has 2 atom stereocenters. The highest BCUT2D eigenvalue weighted by molar-refractivity contribution is 5.97. The van der Waals surface area contributed by atoms with E-state index in [4.69, 9.17) is 4.74 Å². The summed E-state index contributed by atoms with van der Waals surface area (Å²) in [7, 11) is 0. The van der Waals surface area contributed by atoms with Crippen molar-refractivity contribution in [2.24, 2.45) is 0 Å². The lowest BCUT2D eigenvalue weighted by Crippen LogP contribution is -2.48. The minimum atomic E-state index is -0.0406. The standard InChI is InChI=1S/C18H25N3O3/c1-13-10-20(11-14(2)24-13)12-17(22)19-15-5-3-6-16(9-15)21-8-4-7-18(21)23/h3,5-6,9,13-14H,4,7-8,10-12H2,1-2H3,(H,19,22)/t13-,14-/m0/s1. The van der Waals surface area contributed by atoms with Gasteiger partial charge in [-0.1, -0.05) is 6.07 Å². The highest BCUT2D eigenvalue weighted by Crippen LogP contribution is 2.24. The fourth-order valence-corrected chi connectivity index (χ4v) is 3.49. The van der Waals surface area contributed by atoms with Crippen molar-refractivity contribution in [2.75, 3.05) is 36.4 Å². The van der Waals surface area contributed by atoms with Crippen molar-refractivity contribution >= 4 is 23.2 Å². The monoisotopic (exact) mass is 331 g/mol. The molecule has 2 heterocycles. The molecule has 1 aromatic carbocycles.